The number of benzene rings is 2. The van der Waals surface area contributed by atoms with Crippen LogP contribution in [-0.4, -0.2) is 52.6 Å². The number of ether oxygens (including phenoxy) is 1. The molecule has 7 heteroatoms. The van der Waals surface area contributed by atoms with Crippen LogP contribution in [0.5, 0.6) is 5.75 Å². The summed E-state index contributed by atoms with van der Waals surface area (Å²) in [4.78, 5) is 15.3. The lowest BCUT2D eigenvalue weighted by Crippen LogP contribution is -2.44. The van der Waals surface area contributed by atoms with Gasteiger partial charge in [0.2, 0.25) is 0 Å². The number of nitrogens with one attached hydrogen (secondary N) is 1. The first-order valence-corrected chi connectivity index (χ1v) is 11.3. The molecule has 1 aliphatic rings. The van der Waals surface area contributed by atoms with Crippen LogP contribution >= 0.6 is 0 Å². The van der Waals surface area contributed by atoms with Gasteiger partial charge in [0.15, 0.2) is 0 Å². The lowest BCUT2D eigenvalue weighted by Gasteiger charge is -2.34. The number of aromatic carboxylic acids is 1. The van der Waals surface area contributed by atoms with Gasteiger partial charge in [0.25, 0.3) is 5.92 Å². The van der Waals surface area contributed by atoms with Gasteiger partial charge in [-0.05, 0) is 56.0 Å². The molecule has 1 saturated heterocycles. The number of hydrogen-bond acceptors (Lipinski definition) is 3. The summed E-state index contributed by atoms with van der Waals surface area (Å²) >= 11 is 0. The Morgan fingerprint density at radius 3 is 2.39 bits per heavy atom. The minimum atomic E-state index is -2.58. The fourth-order valence-corrected chi connectivity index (χ4v) is 4.09. The number of H-pyrrole nitrogens is 1. The number of aromatic nitrogens is 1. The molecule has 1 fully saturated rings. The highest BCUT2D eigenvalue weighted by Crippen LogP contribution is 2.33. The number of aryl methyl sites for hydroxylation is 2. The van der Waals surface area contributed by atoms with Crippen LogP contribution < -0.4 is 4.74 Å². The Morgan fingerprint density at radius 2 is 1.82 bits per heavy atom. The quantitative estimate of drug-likeness (QED) is 0.471. The smallest absolute Gasteiger partial charge is 0.335 e. The monoisotopic (exact) mass is 458 g/mol. The van der Waals surface area contributed by atoms with Gasteiger partial charge in [0, 0.05) is 31.1 Å². The standard InChI is InChI=1S/C19H26F2N2O.C7H6O2/c1-4-19(20,21)12-23-9-6-15(7-10-23)24-18-14(3)11-13(2)17-16(18)5-8-22-17;8-7(9)6-4-2-1-3-5-6/h5,8,11,15,22H,4,6-7,9-10,12H2,1-3H3;1-5H,(H,8,9). The third-order valence-corrected chi connectivity index (χ3v) is 5.99. The van der Waals surface area contributed by atoms with Crippen LogP contribution in [0.4, 0.5) is 8.78 Å². The molecule has 33 heavy (non-hydrogen) atoms. The highest BCUT2D eigenvalue weighted by Gasteiger charge is 2.32. The number of carbonyl (C=O) groups is 1. The molecule has 4 rings (SSSR count). The third-order valence-electron chi connectivity index (χ3n) is 5.99. The van der Waals surface area contributed by atoms with Gasteiger partial charge < -0.3 is 14.8 Å². The molecule has 0 atom stereocenters. The Bertz CT molecular complexity index is 1060. The molecule has 5 nitrogen and oxygen atoms in total. The molecule has 178 valence electrons. The number of fused-ring (bicyclic) bond motifs is 1. The Balaban J connectivity index is 0.000000286. The average molecular weight is 459 g/mol. The summed E-state index contributed by atoms with van der Waals surface area (Å²) in [6.45, 7) is 6.89. The van der Waals surface area contributed by atoms with Crippen LogP contribution in [0.1, 0.15) is 47.7 Å². The first kappa shape index (κ1) is 24.7. The fraction of sp³-hybridized carbons (Fsp3) is 0.423. The predicted octanol–water partition coefficient (Wildman–Crippen LogP) is 6.06. The second kappa shape index (κ2) is 10.8. The Kier molecular flexibility index (Phi) is 8.08. The van der Waals surface area contributed by atoms with Gasteiger partial charge in [-0.15, -0.1) is 0 Å². The molecule has 1 aromatic heterocycles. The first-order chi connectivity index (χ1) is 15.7. The van der Waals surface area contributed by atoms with E-state index in [2.05, 4.69) is 24.9 Å². The van der Waals surface area contributed by atoms with Crippen molar-refractivity contribution in [1.29, 1.82) is 0 Å². The van der Waals surface area contributed by atoms with Crippen LogP contribution in [0, 0.1) is 13.8 Å². The van der Waals surface area contributed by atoms with Crippen LogP contribution in [-0.2, 0) is 0 Å². The van der Waals surface area contributed by atoms with Crippen molar-refractivity contribution in [2.24, 2.45) is 0 Å². The molecule has 1 aliphatic heterocycles. The predicted molar refractivity (Wildman–Crippen MR) is 127 cm³/mol. The largest absolute Gasteiger partial charge is 0.489 e. The van der Waals surface area contributed by atoms with Crippen molar-refractivity contribution in [3.05, 3.63) is 65.4 Å². The molecule has 0 saturated carbocycles. The molecule has 0 aliphatic carbocycles. The molecule has 0 amide bonds. The second-order valence-electron chi connectivity index (χ2n) is 8.58. The molecule has 2 aromatic carbocycles. The fourth-order valence-electron chi connectivity index (χ4n) is 4.09. The van der Waals surface area contributed by atoms with Gasteiger partial charge in [-0.25, -0.2) is 13.6 Å². The van der Waals surface area contributed by atoms with Crippen LogP contribution in [0.25, 0.3) is 10.9 Å². The zero-order valence-electron chi connectivity index (χ0n) is 19.4. The van der Waals surface area contributed by atoms with E-state index in [0.717, 1.165) is 35.1 Å². The van der Waals surface area contributed by atoms with Crippen molar-refractivity contribution in [2.45, 2.75) is 52.1 Å². The summed E-state index contributed by atoms with van der Waals surface area (Å²) in [7, 11) is 0. The number of piperidine rings is 1. The average Bonchev–Trinajstić information content (AvgIpc) is 3.29. The number of halogens is 2. The van der Waals surface area contributed by atoms with Crippen molar-refractivity contribution in [2.75, 3.05) is 19.6 Å². The van der Waals surface area contributed by atoms with Gasteiger partial charge in [-0.1, -0.05) is 31.2 Å². The third kappa shape index (κ3) is 6.54. The Labute approximate surface area is 193 Å². The maximum absolute atomic E-state index is 13.5. The van der Waals surface area contributed by atoms with E-state index in [4.69, 9.17) is 9.84 Å². The summed E-state index contributed by atoms with van der Waals surface area (Å²) in [6.07, 6.45) is 3.51. The normalized spacial score (nSPS) is 15.2. The zero-order chi connectivity index (χ0) is 24.0. The second-order valence-corrected chi connectivity index (χ2v) is 8.58. The molecular weight excluding hydrogens is 426 g/mol. The van der Waals surface area contributed by atoms with E-state index in [9.17, 15) is 13.6 Å². The van der Waals surface area contributed by atoms with Crippen molar-refractivity contribution < 1.29 is 23.4 Å². The van der Waals surface area contributed by atoms with E-state index in [0.29, 0.717) is 18.7 Å². The highest BCUT2D eigenvalue weighted by molar-refractivity contribution is 5.89. The topological polar surface area (TPSA) is 65.6 Å². The molecule has 0 radical (unpaired) electrons. The summed E-state index contributed by atoms with van der Waals surface area (Å²) in [6, 6.07) is 12.5. The van der Waals surface area contributed by atoms with Gasteiger partial charge in [0.05, 0.1) is 17.6 Å². The van der Waals surface area contributed by atoms with Gasteiger partial charge in [0.1, 0.15) is 11.9 Å². The SMILES string of the molecule is CCC(F)(F)CN1CCC(Oc2c(C)cc(C)c3[nH]ccc23)CC1.O=C(O)c1ccccc1. The Morgan fingerprint density at radius 1 is 1.15 bits per heavy atom. The molecule has 0 bridgehead atoms. The zero-order valence-corrected chi connectivity index (χ0v) is 19.4. The number of likely N-dealkylation sites (tertiary alicyclic amines) is 1. The summed E-state index contributed by atoms with van der Waals surface area (Å²) in [5.74, 6) is -2.54. The van der Waals surface area contributed by atoms with Crippen LogP contribution in [0.3, 0.4) is 0 Å². The van der Waals surface area contributed by atoms with Crippen LogP contribution in [0.15, 0.2) is 48.7 Å². The van der Waals surface area contributed by atoms with E-state index in [1.54, 1.807) is 30.3 Å². The summed E-state index contributed by atoms with van der Waals surface area (Å²) in [5.41, 5.74) is 3.77. The van der Waals surface area contributed by atoms with Crippen LogP contribution in [0.2, 0.25) is 0 Å². The van der Waals surface area contributed by atoms with Crippen molar-refractivity contribution in [3.63, 3.8) is 0 Å². The van der Waals surface area contributed by atoms with E-state index in [-0.39, 0.29) is 19.1 Å². The minimum Gasteiger partial charge on any atom is -0.489 e. The van der Waals surface area contributed by atoms with E-state index < -0.39 is 11.9 Å². The molecule has 0 unspecified atom stereocenters. The number of hydrogen-bond donors (Lipinski definition) is 2. The number of nitrogens with zero attached hydrogens (tertiary/aromatic N) is 1. The van der Waals surface area contributed by atoms with Crippen molar-refractivity contribution in [3.8, 4) is 5.75 Å². The van der Waals surface area contributed by atoms with Gasteiger partial charge >= 0.3 is 5.97 Å². The number of rotatable bonds is 6. The lowest BCUT2D eigenvalue weighted by atomic mass is 10.0. The first-order valence-electron chi connectivity index (χ1n) is 11.3. The van der Waals surface area contributed by atoms with E-state index >= 15 is 0 Å². The highest BCUT2D eigenvalue weighted by atomic mass is 19.3. The maximum atomic E-state index is 13.5. The maximum Gasteiger partial charge on any atom is 0.335 e. The van der Waals surface area contributed by atoms with Crippen molar-refractivity contribution in [1.82, 2.24) is 9.88 Å². The minimum absolute atomic E-state index is 0.0935. The van der Waals surface area contributed by atoms with E-state index in [1.165, 1.54) is 12.5 Å². The lowest BCUT2D eigenvalue weighted by molar-refractivity contribution is -0.0454. The number of carboxylic acids is 1. The Hall–Kier alpha value is -2.93. The summed E-state index contributed by atoms with van der Waals surface area (Å²) in [5, 5.41) is 9.49. The number of alkyl halides is 2. The molecular formula is C26H32F2N2O3. The molecule has 3 aromatic rings. The molecule has 2 N–H and O–H groups in total. The number of carboxylic acid groups (broad SMARTS) is 1. The molecule has 2 heterocycles. The number of aromatic amines is 1. The van der Waals surface area contributed by atoms with E-state index in [1.807, 2.05) is 17.2 Å². The molecule has 0 spiro atoms. The van der Waals surface area contributed by atoms with Gasteiger partial charge in [-0.3, -0.25) is 4.90 Å². The van der Waals surface area contributed by atoms with Gasteiger partial charge in [-0.2, -0.15) is 0 Å². The summed E-state index contributed by atoms with van der Waals surface area (Å²) < 4.78 is 33.4. The van der Waals surface area contributed by atoms with Crippen molar-refractivity contribution >= 4 is 16.9 Å².